The highest BCUT2D eigenvalue weighted by Gasteiger charge is 1.80. The topological polar surface area (TPSA) is 36.8 Å². The van der Waals surface area contributed by atoms with E-state index < -0.39 is 0 Å². The van der Waals surface area contributed by atoms with E-state index in [1.807, 2.05) is 5.32 Å². The molecule has 0 rings (SSSR count). The van der Waals surface area contributed by atoms with Crippen LogP contribution in [0.15, 0.2) is 0 Å². The summed E-state index contributed by atoms with van der Waals surface area (Å²) in [6.07, 6.45) is 1.98. The van der Waals surface area contributed by atoms with Gasteiger partial charge in [-0.1, -0.05) is 0 Å². The van der Waals surface area contributed by atoms with Crippen LogP contribution in [0.4, 0.5) is 0 Å². The van der Waals surface area contributed by atoms with Gasteiger partial charge in [-0.15, -0.1) is 0 Å². The molecule has 0 fully saturated rings. The van der Waals surface area contributed by atoms with Crippen molar-refractivity contribution in [1.29, 1.82) is 0 Å². The molecule has 0 radical (unpaired) electrons. The van der Waals surface area contributed by atoms with Crippen LogP contribution in [0.25, 0.3) is 0 Å². The number of quaternary nitrogens is 1. The Bertz CT molecular complexity index is 27.3. The minimum atomic E-state index is 0.313. The van der Waals surface area contributed by atoms with E-state index >= 15 is 0 Å². The summed E-state index contributed by atoms with van der Waals surface area (Å²) in [6.45, 7) is 1.34. The Kier molecular flexibility index (Phi) is 5.85. The normalized spacial score (nSPS) is 9.43. The Morgan fingerprint density at radius 2 is 2.14 bits per heavy atom. The first kappa shape index (κ1) is 6.92. The molecule has 2 heteroatoms. The van der Waals surface area contributed by atoms with Gasteiger partial charge >= 0.3 is 0 Å². The van der Waals surface area contributed by atoms with Crippen molar-refractivity contribution in [2.75, 3.05) is 13.2 Å². The third-order valence-electron chi connectivity index (χ3n) is 0.816. The van der Waals surface area contributed by atoms with Crippen molar-refractivity contribution >= 4 is 0 Å². The SMILES string of the molecule is [CH2-][NH2+]CCCCO. The van der Waals surface area contributed by atoms with Gasteiger partial charge in [0.25, 0.3) is 0 Å². The second-order valence-corrected chi connectivity index (χ2v) is 1.51. The first-order valence-corrected chi connectivity index (χ1v) is 2.63. The zero-order valence-corrected chi connectivity index (χ0v) is 4.56. The molecule has 44 valence electrons. The van der Waals surface area contributed by atoms with Crippen molar-refractivity contribution in [1.82, 2.24) is 0 Å². The number of rotatable bonds is 4. The summed E-state index contributed by atoms with van der Waals surface area (Å²) in [5.41, 5.74) is 0. The average Bonchev–Trinajstić information content (AvgIpc) is 1.69. The van der Waals surface area contributed by atoms with Crippen LogP contribution in [0.3, 0.4) is 0 Å². The lowest BCUT2D eigenvalue weighted by molar-refractivity contribution is -0.596. The van der Waals surface area contributed by atoms with E-state index in [1.165, 1.54) is 0 Å². The molecule has 0 spiro atoms. The van der Waals surface area contributed by atoms with Crippen LogP contribution >= 0.6 is 0 Å². The fourth-order valence-electron chi connectivity index (χ4n) is 0.400. The third-order valence-corrected chi connectivity index (χ3v) is 0.816. The summed E-state index contributed by atoms with van der Waals surface area (Å²) in [5.74, 6) is 0. The maximum absolute atomic E-state index is 8.26. The van der Waals surface area contributed by atoms with E-state index in [2.05, 4.69) is 7.05 Å². The highest BCUT2D eigenvalue weighted by Crippen LogP contribution is 1.78. The first-order valence-electron chi connectivity index (χ1n) is 2.63. The number of aliphatic hydroxyl groups excluding tert-OH is 1. The lowest BCUT2D eigenvalue weighted by Crippen LogP contribution is -2.76. The van der Waals surface area contributed by atoms with Gasteiger partial charge in [0.05, 0.1) is 6.54 Å². The van der Waals surface area contributed by atoms with Crippen LogP contribution in [-0.2, 0) is 0 Å². The summed E-state index contributed by atoms with van der Waals surface area (Å²) in [5, 5.41) is 10.1. The Hall–Kier alpha value is -0.0800. The lowest BCUT2D eigenvalue weighted by Gasteiger charge is -1.95. The molecule has 2 nitrogen and oxygen atoms in total. The molecule has 0 saturated heterocycles. The van der Waals surface area contributed by atoms with Crippen LogP contribution in [0.5, 0.6) is 0 Å². The van der Waals surface area contributed by atoms with E-state index in [9.17, 15) is 0 Å². The molecule has 0 atom stereocenters. The quantitative estimate of drug-likeness (QED) is 0.351. The van der Waals surface area contributed by atoms with Crippen molar-refractivity contribution < 1.29 is 10.4 Å². The molecule has 0 amide bonds. The zero-order valence-electron chi connectivity index (χ0n) is 4.56. The van der Waals surface area contributed by atoms with Gasteiger partial charge in [-0.3, -0.25) is 0 Å². The van der Waals surface area contributed by atoms with Gasteiger partial charge < -0.3 is 10.4 Å². The molecular formula is C5H13NO. The highest BCUT2D eigenvalue weighted by molar-refractivity contribution is 4.30. The van der Waals surface area contributed by atoms with E-state index in [-0.39, 0.29) is 0 Å². The summed E-state index contributed by atoms with van der Waals surface area (Å²) in [7, 11) is 3.55. The molecule has 0 bridgehead atoms. The van der Waals surface area contributed by atoms with Gasteiger partial charge in [0, 0.05) is 6.61 Å². The Balaban J connectivity index is 2.45. The molecule has 0 heterocycles. The number of unbranched alkanes of at least 4 members (excludes halogenated alkanes) is 1. The summed E-state index contributed by atoms with van der Waals surface area (Å²) in [6, 6.07) is 0. The van der Waals surface area contributed by atoms with Crippen molar-refractivity contribution in [3.63, 3.8) is 0 Å². The number of nitrogens with two attached hydrogens (primary N) is 1. The Labute approximate surface area is 44.5 Å². The van der Waals surface area contributed by atoms with Crippen molar-refractivity contribution in [3.8, 4) is 0 Å². The van der Waals surface area contributed by atoms with Crippen LogP contribution < -0.4 is 5.32 Å². The maximum Gasteiger partial charge on any atom is 0.0516 e. The monoisotopic (exact) mass is 103 g/mol. The molecule has 0 aliphatic heterocycles. The fourth-order valence-corrected chi connectivity index (χ4v) is 0.400. The molecule has 0 aromatic rings. The fraction of sp³-hybridized carbons (Fsp3) is 0.800. The standard InChI is InChI=1S/C5H13NO/c1-6-4-2-3-5-7/h7H,1-6H2. The predicted octanol–water partition coefficient (Wildman–Crippen LogP) is -0.886. The minimum Gasteiger partial charge on any atom is -0.479 e. The largest absolute Gasteiger partial charge is 0.479 e. The van der Waals surface area contributed by atoms with Crippen molar-refractivity contribution in [2.24, 2.45) is 0 Å². The third kappa shape index (κ3) is 5.92. The molecule has 0 aromatic heterocycles. The van der Waals surface area contributed by atoms with Crippen LogP contribution in [0.2, 0.25) is 0 Å². The van der Waals surface area contributed by atoms with Gasteiger partial charge in [0.2, 0.25) is 0 Å². The van der Waals surface area contributed by atoms with Crippen LogP contribution in [0.1, 0.15) is 12.8 Å². The van der Waals surface area contributed by atoms with E-state index in [4.69, 9.17) is 5.11 Å². The summed E-state index contributed by atoms with van der Waals surface area (Å²) in [4.78, 5) is 0. The van der Waals surface area contributed by atoms with E-state index in [1.54, 1.807) is 0 Å². The van der Waals surface area contributed by atoms with Gasteiger partial charge in [-0.25, -0.2) is 0 Å². The van der Waals surface area contributed by atoms with Gasteiger partial charge in [0.1, 0.15) is 0 Å². The van der Waals surface area contributed by atoms with Gasteiger partial charge in [-0.2, -0.15) is 7.05 Å². The molecule has 0 saturated carbocycles. The van der Waals surface area contributed by atoms with Crippen molar-refractivity contribution in [2.45, 2.75) is 12.8 Å². The molecule has 0 unspecified atom stereocenters. The smallest absolute Gasteiger partial charge is 0.0516 e. The predicted molar refractivity (Wildman–Crippen MR) is 28.5 cm³/mol. The second kappa shape index (κ2) is 5.92. The van der Waals surface area contributed by atoms with E-state index in [0.29, 0.717) is 6.61 Å². The molecule has 0 aliphatic rings. The van der Waals surface area contributed by atoms with Gasteiger partial charge in [0.15, 0.2) is 0 Å². The van der Waals surface area contributed by atoms with Crippen LogP contribution in [0, 0.1) is 7.05 Å². The molecule has 0 aliphatic carbocycles. The maximum atomic E-state index is 8.26. The minimum absolute atomic E-state index is 0.313. The average molecular weight is 103 g/mol. The Morgan fingerprint density at radius 3 is 2.57 bits per heavy atom. The lowest BCUT2D eigenvalue weighted by atomic mass is 10.3. The molecule has 3 N–H and O–H groups in total. The Morgan fingerprint density at radius 1 is 1.43 bits per heavy atom. The molecular weight excluding hydrogens is 90.1 g/mol. The van der Waals surface area contributed by atoms with Crippen molar-refractivity contribution in [3.05, 3.63) is 7.05 Å². The second-order valence-electron chi connectivity index (χ2n) is 1.51. The zero-order chi connectivity index (χ0) is 5.54. The number of hydrogen-bond donors (Lipinski definition) is 2. The summed E-state index contributed by atoms with van der Waals surface area (Å²) < 4.78 is 0. The first-order chi connectivity index (χ1) is 3.41. The van der Waals surface area contributed by atoms with E-state index in [0.717, 1.165) is 19.4 Å². The van der Waals surface area contributed by atoms with Crippen LogP contribution in [-0.4, -0.2) is 18.3 Å². The molecule has 0 aromatic carbocycles. The van der Waals surface area contributed by atoms with Gasteiger partial charge in [-0.05, 0) is 12.8 Å². The number of aliphatic hydroxyl groups is 1. The highest BCUT2D eigenvalue weighted by atomic mass is 16.2. The number of hydrogen-bond acceptors (Lipinski definition) is 1. The molecule has 7 heavy (non-hydrogen) atoms. The summed E-state index contributed by atoms with van der Waals surface area (Å²) >= 11 is 0.